The van der Waals surface area contributed by atoms with E-state index >= 15 is 0 Å². The predicted octanol–water partition coefficient (Wildman–Crippen LogP) is 3.27. The van der Waals surface area contributed by atoms with Crippen molar-refractivity contribution in [2.75, 3.05) is 5.32 Å². The van der Waals surface area contributed by atoms with Crippen molar-refractivity contribution in [2.24, 2.45) is 0 Å². The molecule has 10 heteroatoms. The first-order chi connectivity index (χ1) is 15.8. The van der Waals surface area contributed by atoms with Crippen molar-refractivity contribution in [2.45, 2.75) is 25.9 Å². The van der Waals surface area contributed by atoms with Gasteiger partial charge in [-0.3, -0.25) is 14.9 Å². The number of rotatable bonds is 7. The number of anilines is 1. The summed E-state index contributed by atoms with van der Waals surface area (Å²) in [7, 11) is 0. The maximum atomic E-state index is 13.4. The van der Waals surface area contributed by atoms with Crippen LogP contribution >= 0.6 is 0 Å². The number of aromatic nitrogens is 4. The van der Waals surface area contributed by atoms with Gasteiger partial charge in [0.1, 0.15) is 17.6 Å². The number of halogens is 1. The van der Waals surface area contributed by atoms with Crippen molar-refractivity contribution in [3.8, 4) is 11.4 Å². The molecule has 0 aliphatic rings. The number of nitrogens with zero attached hydrogens (tertiary/aromatic N) is 4. The van der Waals surface area contributed by atoms with Gasteiger partial charge >= 0.3 is 0 Å². The quantitative estimate of drug-likeness (QED) is 0.448. The number of oxazole rings is 1. The lowest BCUT2D eigenvalue weighted by molar-refractivity contribution is -0.121. The average Bonchev–Trinajstić information content (AvgIpc) is 3.45. The van der Waals surface area contributed by atoms with E-state index in [1.807, 2.05) is 30.3 Å². The molecule has 0 saturated carbocycles. The van der Waals surface area contributed by atoms with Crippen molar-refractivity contribution < 1.29 is 18.4 Å². The van der Waals surface area contributed by atoms with Crippen LogP contribution in [0.1, 0.15) is 29.9 Å². The number of nitrogens with one attached hydrogen (secondary N) is 2. The van der Waals surface area contributed by atoms with E-state index in [1.165, 1.54) is 18.4 Å². The molecule has 0 aliphatic heterocycles. The maximum absolute atomic E-state index is 13.4. The van der Waals surface area contributed by atoms with E-state index < -0.39 is 17.4 Å². The molecule has 2 amide bonds. The van der Waals surface area contributed by atoms with E-state index in [0.717, 1.165) is 12.0 Å². The Morgan fingerprint density at radius 1 is 1.09 bits per heavy atom. The standard InChI is InChI=1S/C23H21FN6O3/c1-23(2,28-20(31)18-13-33-14-25-18)21(32)27-22-26-19(16-8-10-17(24)11-9-16)30(29-22)12-15-6-4-3-5-7-15/h3-11,13-14H,12H2,1-2H3,(H,28,31)(H,27,29,32). The molecule has 0 fully saturated rings. The van der Waals surface area contributed by atoms with Crippen LogP contribution in [0.3, 0.4) is 0 Å². The molecule has 33 heavy (non-hydrogen) atoms. The number of hydrogen-bond donors (Lipinski definition) is 2. The van der Waals surface area contributed by atoms with E-state index in [2.05, 4.69) is 25.7 Å². The van der Waals surface area contributed by atoms with Gasteiger partial charge in [-0.25, -0.2) is 14.1 Å². The number of amides is 2. The van der Waals surface area contributed by atoms with Crippen molar-refractivity contribution >= 4 is 17.8 Å². The largest absolute Gasteiger partial charge is 0.451 e. The first-order valence-electron chi connectivity index (χ1n) is 10.1. The van der Waals surface area contributed by atoms with Crippen LogP contribution in [-0.4, -0.2) is 37.1 Å². The van der Waals surface area contributed by atoms with Crippen LogP contribution in [0, 0.1) is 5.82 Å². The zero-order valence-corrected chi connectivity index (χ0v) is 17.9. The molecule has 0 saturated heterocycles. The SMILES string of the molecule is CC(C)(NC(=O)c1cocn1)C(=O)Nc1nc(-c2ccc(F)cc2)n(Cc2ccccc2)n1. The van der Waals surface area contributed by atoms with E-state index in [-0.39, 0.29) is 17.5 Å². The zero-order chi connectivity index (χ0) is 23.4. The third-order valence-electron chi connectivity index (χ3n) is 4.83. The van der Waals surface area contributed by atoms with E-state index in [1.54, 1.807) is 30.7 Å². The fraction of sp³-hybridized carbons (Fsp3) is 0.174. The molecule has 0 spiro atoms. The second-order valence-electron chi connectivity index (χ2n) is 7.82. The fourth-order valence-corrected chi connectivity index (χ4v) is 3.06. The average molecular weight is 448 g/mol. The fourth-order valence-electron chi connectivity index (χ4n) is 3.06. The first-order valence-corrected chi connectivity index (χ1v) is 10.1. The molecular weight excluding hydrogens is 427 g/mol. The van der Waals surface area contributed by atoms with Gasteiger partial charge in [0.05, 0.1) is 6.54 Å². The van der Waals surface area contributed by atoms with Crippen LogP contribution in [0.15, 0.2) is 71.7 Å². The van der Waals surface area contributed by atoms with E-state index in [0.29, 0.717) is 17.9 Å². The topological polar surface area (TPSA) is 115 Å². The number of benzene rings is 2. The predicted molar refractivity (Wildman–Crippen MR) is 118 cm³/mol. The van der Waals surface area contributed by atoms with Crippen molar-refractivity contribution in [1.82, 2.24) is 25.1 Å². The molecule has 168 valence electrons. The van der Waals surface area contributed by atoms with Crippen LogP contribution in [0.25, 0.3) is 11.4 Å². The van der Waals surface area contributed by atoms with E-state index in [4.69, 9.17) is 4.42 Å². The van der Waals surface area contributed by atoms with Gasteiger partial charge in [0, 0.05) is 5.56 Å². The molecule has 0 unspecified atom stereocenters. The summed E-state index contributed by atoms with van der Waals surface area (Å²) in [6.07, 6.45) is 2.31. The smallest absolute Gasteiger partial charge is 0.274 e. The van der Waals surface area contributed by atoms with Gasteiger partial charge in [-0.2, -0.15) is 4.98 Å². The first kappa shape index (κ1) is 21.9. The number of carbonyl (C=O) groups excluding carboxylic acids is 2. The van der Waals surface area contributed by atoms with Crippen molar-refractivity contribution in [1.29, 1.82) is 0 Å². The molecule has 0 bridgehead atoms. The van der Waals surface area contributed by atoms with Crippen LogP contribution in [0.4, 0.5) is 10.3 Å². The summed E-state index contributed by atoms with van der Waals surface area (Å²) >= 11 is 0. The molecule has 0 aliphatic carbocycles. The minimum atomic E-state index is -1.29. The Morgan fingerprint density at radius 3 is 2.48 bits per heavy atom. The summed E-state index contributed by atoms with van der Waals surface area (Å²) in [4.78, 5) is 33.4. The minimum absolute atomic E-state index is 0.0546. The second-order valence-corrected chi connectivity index (χ2v) is 7.82. The van der Waals surface area contributed by atoms with Gasteiger partial charge in [-0.05, 0) is 43.7 Å². The minimum Gasteiger partial charge on any atom is -0.451 e. The summed E-state index contributed by atoms with van der Waals surface area (Å²) in [5.74, 6) is -0.941. The zero-order valence-electron chi connectivity index (χ0n) is 17.9. The Bertz CT molecular complexity index is 1250. The normalized spacial score (nSPS) is 11.2. The number of hydrogen-bond acceptors (Lipinski definition) is 6. The Labute approximate surface area is 188 Å². The van der Waals surface area contributed by atoms with Crippen molar-refractivity contribution in [3.05, 3.63) is 84.3 Å². The van der Waals surface area contributed by atoms with Gasteiger partial charge in [-0.1, -0.05) is 30.3 Å². The van der Waals surface area contributed by atoms with Crippen LogP contribution in [-0.2, 0) is 11.3 Å². The molecule has 2 aromatic carbocycles. The van der Waals surface area contributed by atoms with Crippen molar-refractivity contribution in [3.63, 3.8) is 0 Å². The lowest BCUT2D eigenvalue weighted by atomic mass is 10.0. The summed E-state index contributed by atoms with van der Waals surface area (Å²) in [6.45, 7) is 3.48. The molecule has 9 nitrogen and oxygen atoms in total. The highest BCUT2D eigenvalue weighted by Crippen LogP contribution is 2.21. The Balaban J connectivity index is 1.58. The van der Waals surface area contributed by atoms with Gasteiger partial charge in [0.15, 0.2) is 17.9 Å². The summed E-state index contributed by atoms with van der Waals surface area (Å²) in [6, 6.07) is 15.5. The lowest BCUT2D eigenvalue weighted by Gasteiger charge is -2.23. The third-order valence-corrected chi connectivity index (χ3v) is 4.83. The Kier molecular flexibility index (Phi) is 5.99. The van der Waals surface area contributed by atoms with Crippen LogP contribution in [0.5, 0.6) is 0 Å². The van der Waals surface area contributed by atoms with Gasteiger partial charge in [0.2, 0.25) is 5.95 Å². The monoisotopic (exact) mass is 448 g/mol. The van der Waals surface area contributed by atoms with Gasteiger partial charge in [-0.15, -0.1) is 5.10 Å². The highest BCUT2D eigenvalue weighted by molar-refractivity contribution is 6.01. The maximum Gasteiger partial charge on any atom is 0.274 e. The molecule has 2 aromatic heterocycles. The molecule has 0 atom stereocenters. The molecular formula is C23H21FN6O3. The third kappa shape index (κ3) is 5.12. The summed E-state index contributed by atoms with van der Waals surface area (Å²) < 4.78 is 19.8. The Morgan fingerprint density at radius 2 is 1.82 bits per heavy atom. The molecule has 4 rings (SSSR count). The summed E-state index contributed by atoms with van der Waals surface area (Å²) in [5, 5.41) is 9.67. The second kappa shape index (κ2) is 9.03. The van der Waals surface area contributed by atoms with Gasteiger partial charge < -0.3 is 9.73 Å². The number of carbonyl (C=O) groups is 2. The molecule has 2 N–H and O–H groups in total. The molecule has 2 heterocycles. The highest BCUT2D eigenvalue weighted by Gasteiger charge is 2.31. The van der Waals surface area contributed by atoms with E-state index in [9.17, 15) is 14.0 Å². The van der Waals surface area contributed by atoms with Gasteiger partial charge in [0.25, 0.3) is 11.8 Å². The summed E-state index contributed by atoms with van der Waals surface area (Å²) in [5.41, 5.74) is 0.374. The molecule has 0 radical (unpaired) electrons. The Hall–Kier alpha value is -4.34. The molecule has 4 aromatic rings. The highest BCUT2D eigenvalue weighted by atomic mass is 19.1. The lowest BCUT2D eigenvalue weighted by Crippen LogP contribution is -2.52. The van der Waals surface area contributed by atoms with Crippen LogP contribution < -0.4 is 10.6 Å². The van der Waals surface area contributed by atoms with Crippen LogP contribution in [0.2, 0.25) is 0 Å².